The molecule has 0 saturated carbocycles. The summed E-state index contributed by atoms with van der Waals surface area (Å²) in [5.74, 6) is 0. The van der Waals surface area contributed by atoms with Crippen molar-refractivity contribution in [2.75, 3.05) is 0 Å². The standard InChI is InChI=1S/C9H9F3N2O2/c10-9(11,12)8(13)5-6-2-1-3-7(4-6)14(15)16/h1-4,8H,5,13H2. The lowest BCUT2D eigenvalue weighted by Gasteiger charge is -2.15. The molecule has 0 bridgehead atoms. The number of halogens is 3. The predicted molar refractivity (Wildman–Crippen MR) is 50.8 cm³/mol. The van der Waals surface area contributed by atoms with E-state index in [1.165, 1.54) is 18.2 Å². The summed E-state index contributed by atoms with van der Waals surface area (Å²) in [7, 11) is 0. The molecule has 0 amide bonds. The molecule has 0 fully saturated rings. The maximum Gasteiger partial charge on any atom is 0.403 e. The van der Waals surface area contributed by atoms with Gasteiger partial charge in [-0.15, -0.1) is 0 Å². The van der Waals surface area contributed by atoms with Gasteiger partial charge in [-0.1, -0.05) is 12.1 Å². The van der Waals surface area contributed by atoms with E-state index < -0.39 is 23.6 Å². The quantitative estimate of drug-likeness (QED) is 0.642. The molecular weight excluding hydrogens is 225 g/mol. The summed E-state index contributed by atoms with van der Waals surface area (Å²) in [5, 5.41) is 10.4. The zero-order valence-corrected chi connectivity index (χ0v) is 8.07. The van der Waals surface area contributed by atoms with E-state index in [1.807, 2.05) is 0 Å². The molecule has 1 rings (SSSR count). The van der Waals surface area contributed by atoms with Crippen LogP contribution in [0, 0.1) is 10.1 Å². The van der Waals surface area contributed by atoms with Gasteiger partial charge in [-0.3, -0.25) is 10.1 Å². The first-order valence-electron chi connectivity index (χ1n) is 4.36. The molecule has 16 heavy (non-hydrogen) atoms. The van der Waals surface area contributed by atoms with Crippen LogP contribution in [0.3, 0.4) is 0 Å². The topological polar surface area (TPSA) is 69.2 Å². The van der Waals surface area contributed by atoms with E-state index >= 15 is 0 Å². The van der Waals surface area contributed by atoms with E-state index in [1.54, 1.807) is 0 Å². The van der Waals surface area contributed by atoms with Crippen LogP contribution in [0.5, 0.6) is 0 Å². The van der Waals surface area contributed by atoms with E-state index in [9.17, 15) is 23.3 Å². The number of benzene rings is 1. The summed E-state index contributed by atoms with van der Waals surface area (Å²) >= 11 is 0. The van der Waals surface area contributed by atoms with Crippen LogP contribution in [0.1, 0.15) is 5.56 Å². The van der Waals surface area contributed by atoms with Gasteiger partial charge in [0.25, 0.3) is 5.69 Å². The summed E-state index contributed by atoms with van der Waals surface area (Å²) in [4.78, 5) is 9.72. The van der Waals surface area contributed by atoms with Crippen LogP contribution in [-0.4, -0.2) is 17.1 Å². The van der Waals surface area contributed by atoms with Crippen molar-refractivity contribution >= 4 is 5.69 Å². The van der Waals surface area contributed by atoms with E-state index in [-0.39, 0.29) is 11.3 Å². The molecular formula is C9H9F3N2O2. The highest BCUT2D eigenvalue weighted by atomic mass is 19.4. The number of hydrogen-bond acceptors (Lipinski definition) is 3. The summed E-state index contributed by atoms with van der Waals surface area (Å²) < 4.78 is 36.4. The largest absolute Gasteiger partial charge is 0.403 e. The average molecular weight is 234 g/mol. The number of non-ortho nitro benzene ring substituents is 1. The first kappa shape index (κ1) is 12.4. The highest BCUT2D eigenvalue weighted by Crippen LogP contribution is 2.22. The number of nitro groups is 1. The predicted octanol–water partition coefficient (Wildman–Crippen LogP) is 2.03. The SMILES string of the molecule is NC(Cc1cccc([N+](=O)[O-])c1)C(F)(F)F. The smallest absolute Gasteiger partial charge is 0.320 e. The van der Waals surface area contributed by atoms with E-state index in [0.717, 1.165) is 6.07 Å². The normalized spacial score (nSPS) is 13.5. The molecule has 0 saturated heterocycles. The van der Waals surface area contributed by atoms with Gasteiger partial charge in [0.05, 0.1) is 4.92 Å². The molecule has 0 heterocycles. The molecule has 0 aromatic heterocycles. The van der Waals surface area contributed by atoms with E-state index in [4.69, 9.17) is 5.73 Å². The Morgan fingerprint density at radius 1 is 1.44 bits per heavy atom. The minimum absolute atomic E-state index is 0.194. The molecule has 88 valence electrons. The zero-order chi connectivity index (χ0) is 12.3. The Kier molecular flexibility index (Phi) is 3.48. The number of nitro benzene ring substituents is 1. The van der Waals surface area contributed by atoms with Crippen molar-refractivity contribution in [3.8, 4) is 0 Å². The fourth-order valence-electron chi connectivity index (χ4n) is 1.17. The summed E-state index contributed by atoms with van der Waals surface area (Å²) in [6.45, 7) is 0. The molecule has 2 N–H and O–H groups in total. The molecule has 0 aliphatic rings. The molecule has 1 aromatic carbocycles. The molecule has 1 unspecified atom stereocenters. The summed E-state index contributed by atoms with van der Waals surface area (Å²) in [6.07, 6.45) is -4.96. The Labute approximate surface area is 89.0 Å². The van der Waals surface area contributed by atoms with Gasteiger partial charge in [0, 0.05) is 12.1 Å². The van der Waals surface area contributed by atoms with Crippen LogP contribution in [0.25, 0.3) is 0 Å². The third-order valence-electron chi connectivity index (χ3n) is 2.00. The number of rotatable bonds is 3. The molecule has 0 spiro atoms. The highest BCUT2D eigenvalue weighted by Gasteiger charge is 2.36. The number of nitrogens with two attached hydrogens (primary N) is 1. The second-order valence-electron chi connectivity index (χ2n) is 3.28. The van der Waals surface area contributed by atoms with Gasteiger partial charge in [-0.05, 0) is 12.0 Å². The van der Waals surface area contributed by atoms with Crippen molar-refractivity contribution in [2.24, 2.45) is 5.73 Å². The minimum Gasteiger partial charge on any atom is -0.320 e. The van der Waals surface area contributed by atoms with E-state index in [0.29, 0.717) is 0 Å². The van der Waals surface area contributed by atoms with Crippen molar-refractivity contribution in [3.63, 3.8) is 0 Å². The maximum absolute atomic E-state index is 12.1. The van der Waals surface area contributed by atoms with Crippen LogP contribution < -0.4 is 5.73 Å². The average Bonchev–Trinajstić information content (AvgIpc) is 2.16. The van der Waals surface area contributed by atoms with Crippen molar-refractivity contribution < 1.29 is 18.1 Å². The Balaban J connectivity index is 2.82. The summed E-state index contributed by atoms with van der Waals surface area (Å²) in [5.41, 5.74) is 4.86. The van der Waals surface area contributed by atoms with Crippen molar-refractivity contribution in [1.82, 2.24) is 0 Å². The second kappa shape index (κ2) is 4.48. The maximum atomic E-state index is 12.1. The van der Waals surface area contributed by atoms with Crippen LogP contribution in [-0.2, 0) is 6.42 Å². The lowest BCUT2D eigenvalue weighted by molar-refractivity contribution is -0.384. The van der Waals surface area contributed by atoms with Crippen LogP contribution in [0.4, 0.5) is 18.9 Å². The third kappa shape index (κ3) is 3.20. The first-order chi connectivity index (χ1) is 7.30. The van der Waals surface area contributed by atoms with Crippen molar-refractivity contribution in [3.05, 3.63) is 39.9 Å². The van der Waals surface area contributed by atoms with Gasteiger partial charge < -0.3 is 5.73 Å². The Morgan fingerprint density at radius 3 is 2.56 bits per heavy atom. The lowest BCUT2D eigenvalue weighted by atomic mass is 10.1. The molecule has 4 nitrogen and oxygen atoms in total. The van der Waals surface area contributed by atoms with Gasteiger partial charge >= 0.3 is 6.18 Å². The molecule has 0 aliphatic carbocycles. The van der Waals surface area contributed by atoms with Gasteiger partial charge in [-0.25, -0.2) is 0 Å². The summed E-state index contributed by atoms with van der Waals surface area (Å²) in [6, 6.07) is 3.00. The van der Waals surface area contributed by atoms with Crippen LogP contribution >= 0.6 is 0 Å². The van der Waals surface area contributed by atoms with Crippen LogP contribution in [0.2, 0.25) is 0 Å². The minimum atomic E-state index is -4.50. The molecule has 0 aliphatic heterocycles. The fourth-order valence-corrected chi connectivity index (χ4v) is 1.17. The lowest BCUT2D eigenvalue weighted by Crippen LogP contribution is -2.39. The fraction of sp³-hybridized carbons (Fsp3) is 0.333. The zero-order valence-electron chi connectivity index (χ0n) is 8.07. The molecule has 0 radical (unpaired) electrons. The van der Waals surface area contributed by atoms with Gasteiger partial charge in [0.1, 0.15) is 6.04 Å². The molecule has 1 aromatic rings. The van der Waals surface area contributed by atoms with Gasteiger partial charge in [0.15, 0.2) is 0 Å². The Bertz CT molecular complexity index is 393. The molecule has 1 atom stereocenters. The van der Waals surface area contributed by atoms with E-state index in [2.05, 4.69) is 0 Å². The van der Waals surface area contributed by atoms with Crippen LogP contribution in [0.15, 0.2) is 24.3 Å². The third-order valence-corrected chi connectivity index (χ3v) is 2.00. The molecule has 7 heteroatoms. The van der Waals surface area contributed by atoms with Crippen molar-refractivity contribution in [1.29, 1.82) is 0 Å². The monoisotopic (exact) mass is 234 g/mol. The Morgan fingerprint density at radius 2 is 2.06 bits per heavy atom. The van der Waals surface area contributed by atoms with Gasteiger partial charge in [0.2, 0.25) is 0 Å². The number of alkyl halides is 3. The second-order valence-corrected chi connectivity index (χ2v) is 3.28. The van der Waals surface area contributed by atoms with Gasteiger partial charge in [-0.2, -0.15) is 13.2 Å². The number of hydrogen-bond donors (Lipinski definition) is 1. The Hall–Kier alpha value is -1.63. The number of nitrogens with zero attached hydrogens (tertiary/aromatic N) is 1. The highest BCUT2D eigenvalue weighted by molar-refractivity contribution is 5.34. The first-order valence-corrected chi connectivity index (χ1v) is 4.36. The van der Waals surface area contributed by atoms with Crippen molar-refractivity contribution in [2.45, 2.75) is 18.6 Å².